The summed E-state index contributed by atoms with van der Waals surface area (Å²) in [4.78, 5) is 5.28. The van der Waals surface area contributed by atoms with Gasteiger partial charge in [0, 0.05) is 25.8 Å². The summed E-state index contributed by atoms with van der Waals surface area (Å²) in [5.41, 5.74) is -1.10. The Morgan fingerprint density at radius 1 is 1.29 bits per heavy atom. The Labute approximate surface area is 140 Å². The van der Waals surface area contributed by atoms with Gasteiger partial charge in [0.15, 0.2) is 0 Å². The molecule has 0 N–H and O–H groups in total. The second-order valence-corrected chi connectivity index (χ2v) is 7.82. The molecule has 1 aliphatic heterocycles. The molecule has 1 aliphatic rings. The van der Waals surface area contributed by atoms with Crippen LogP contribution in [-0.4, -0.2) is 55.3 Å². The van der Waals surface area contributed by atoms with E-state index >= 15 is 0 Å². The molecule has 0 amide bonds. The van der Waals surface area contributed by atoms with Crippen molar-refractivity contribution in [3.8, 4) is 0 Å². The minimum Gasteiger partial charge on any atom is -0.304 e. The summed E-state index contributed by atoms with van der Waals surface area (Å²) in [5.74, 6) is 0.238. The van der Waals surface area contributed by atoms with Crippen molar-refractivity contribution in [1.29, 1.82) is 0 Å². The topological polar surface area (TPSA) is 53.5 Å². The number of nitrogens with zero attached hydrogens (tertiary/aromatic N) is 3. The SMILES string of the molecule is CCN(CC)C[C@@H]1CCN(S(=O)(=O)c2ccc(C(F)(F)F)nc2)C1. The Morgan fingerprint density at radius 3 is 2.46 bits per heavy atom. The summed E-state index contributed by atoms with van der Waals surface area (Å²) in [6.45, 7) is 7.52. The molecule has 1 aromatic heterocycles. The molecule has 1 aromatic rings. The maximum Gasteiger partial charge on any atom is 0.433 e. The van der Waals surface area contributed by atoms with Crippen molar-refractivity contribution in [3.63, 3.8) is 0 Å². The van der Waals surface area contributed by atoms with E-state index in [-0.39, 0.29) is 10.8 Å². The van der Waals surface area contributed by atoms with Crippen LogP contribution in [0.1, 0.15) is 26.0 Å². The normalized spacial score (nSPS) is 20.0. The molecule has 0 aromatic carbocycles. The Hall–Kier alpha value is -1.19. The van der Waals surface area contributed by atoms with Crippen LogP contribution < -0.4 is 0 Å². The lowest BCUT2D eigenvalue weighted by atomic mass is 10.1. The lowest BCUT2D eigenvalue weighted by molar-refractivity contribution is -0.141. The lowest BCUT2D eigenvalue weighted by Gasteiger charge is -2.22. The number of sulfonamides is 1. The highest BCUT2D eigenvalue weighted by atomic mass is 32.2. The highest BCUT2D eigenvalue weighted by molar-refractivity contribution is 7.89. The van der Waals surface area contributed by atoms with E-state index in [1.54, 1.807) is 0 Å². The molecule has 1 atom stereocenters. The van der Waals surface area contributed by atoms with Crippen molar-refractivity contribution >= 4 is 10.0 Å². The second kappa shape index (κ2) is 7.37. The number of aromatic nitrogens is 1. The van der Waals surface area contributed by atoms with Crippen molar-refractivity contribution in [2.75, 3.05) is 32.7 Å². The molecule has 136 valence electrons. The largest absolute Gasteiger partial charge is 0.433 e. The highest BCUT2D eigenvalue weighted by Gasteiger charge is 2.35. The van der Waals surface area contributed by atoms with Crippen LogP contribution in [0.5, 0.6) is 0 Å². The van der Waals surface area contributed by atoms with E-state index in [0.717, 1.165) is 38.3 Å². The van der Waals surface area contributed by atoms with Crippen LogP contribution in [0.4, 0.5) is 13.2 Å². The molecule has 0 bridgehead atoms. The van der Waals surface area contributed by atoms with Gasteiger partial charge < -0.3 is 4.90 Å². The third kappa shape index (κ3) is 4.25. The van der Waals surface area contributed by atoms with Gasteiger partial charge in [0.2, 0.25) is 10.0 Å². The smallest absolute Gasteiger partial charge is 0.304 e. The summed E-state index contributed by atoms with van der Waals surface area (Å²) in [6, 6.07) is 1.68. The van der Waals surface area contributed by atoms with Crippen molar-refractivity contribution in [1.82, 2.24) is 14.2 Å². The summed E-state index contributed by atoms with van der Waals surface area (Å²) >= 11 is 0. The molecule has 1 saturated heterocycles. The van der Waals surface area contributed by atoms with E-state index in [9.17, 15) is 21.6 Å². The molecule has 24 heavy (non-hydrogen) atoms. The van der Waals surface area contributed by atoms with Crippen LogP contribution in [0.3, 0.4) is 0 Å². The predicted molar refractivity (Wildman–Crippen MR) is 83.9 cm³/mol. The molecular formula is C15H22F3N3O2S. The van der Waals surface area contributed by atoms with E-state index in [2.05, 4.69) is 23.7 Å². The van der Waals surface area contributed by atoms with Crippen molar-refractivity contribution in [2.24, 2.45) is 5.92 Å². The number of pyridine rings is 1. The van der Waals surface area contributed by atoms with Crippen molar-refractivity contribution in [3.05, 3.63) is 24.0 Å². The Bertz CT molecular complexity index is 643. The van der Waals surface area contributed by atoms with Gasteiger partial charge in [-0.25, -0.2) is 8.42 Å². The molecule has 0 aliphatic carbocycles. The second-order valence-electron chi connectivity index (χ2n) is 5.88. The maximum atomic E-state index is 12.6. The van der Waals surface area contributed by atoms with Gasteiger partial charge in [-0.3, -0.25) is 4.98 Å². The Balaban J connectivity index is 2.08. The predicted octanol–water partition coefficient (Wildman–Crippen LogP) is 2.45. The third-order valence-electron chi connectivity index (χ3n) is 4.32. The lowest BCUT2D eigenvalue weighted by Crippen LogP contribution is -2.33. The van der Waals surface area contributed by atoms with Crippen molar-refractivity contribution in [2.45, 2.75) is 31.3 Å². The number of rotatable bonds is 6. The van der Waals surface area contributed by atoms with Gasteiger partial charge in [-0.15, -0.1) is 0 Å². The van der Waals surface area contributed by atoms with E-state index in [4.69, 9.17) is 0 Å². The molecule has 0 unspecified atom stereocenters. The quantitative estimate of drug-likeness (QED) is 0.777. The Kier molecular flexibility index (Phi) is 5.87. The summed E-state index contributed by atoms with van der Waals surface area (Å²) in [6.07, 6.45) is -3.04. The molecule has 0 spiro atoms. The first-order valence-corrected chi connectivity index (χ1v) is 9.38. The van der Waals surface area contributed by atoms with Crippen LogP contribution in [-0.2, 0) is 16.2 Å². The zero-order valence-electron chi connectivity index (χ0n) is 13.8. The fourth-order valence-electron chi connectivity index (χ4n) is 2.86. The first kappa shape index (κ1) is 19.1. The molecule has 1 fully saturated rings. The van der Waals surface area contributed by atoms with Crippen LogP contribution >= 0.6 is 0 Å². The molecular weight excluding hydrogens is 343 g/mol. The summed E-state index contributed by atoms with van der Waals surface area (Å²) in [7, 11) is -3.80. The van der Waals surface area contributed by atoms with Gasteiger partial charge in [0.25, 0.3) is 0 Å². The standard InChI is InChI=1S/C15H22F3N3O2S/c1-3-20(4-2)10-12-7-8-21(11-12)24(22,23)13-5-6-14(19-9-13)15(16,17)18/h5-6,9,12H,3-4,7-8,10-11H2,1-2H3/t12-/m0/s1. The number of hydrogen-bond donors (Lipinski definition) is 0. The van der Waals surface area contributed by atoms with Gasteiger partial charge in [-0.2, -0.15) is 17.5 Å². The minimum absolute atomic E-state index is 0.195. The number of halogens is 3. The summed E-state index contributed by atoms with van der Waals surface area (Å²) < 4.78 is 64.0. The van der Waals surface area contributed by atoms with E-state index < -0.39 is 21.9 Å². The molecule has 5 nitrogen and oxygen atoms in total. The van der Waals surface area contributed by atoms with Gasteiger partial charge in [0.05, 0.1) is 0 Å². The van der Waals surface area contributed by atoms with Crippen LogP contribution in [0.2, 0.25) is 0 Å². The van der Waals surface area contributed by atoms with E-state index in [0.29, 0.717) is 19.2 Å². The average molecular weight is 365 g/mol. The van der Waals surface area contributed by atoms with Crippen molar-refractivity contribution < 1.29 is 21.6 Å². The number of hydrogen-bond acceptors (Lipinski definition) is 4. The third-order valence-corrected chi connectivity index (χ3v) is 6.17. The molecule has 0 saturated carbocycles. The summed E-state index contributed by atoms with van der Waals surface area (Å²) in [5, 5.41) is 0. The van der Waals surface area contributed by atoms with E-state index in [1.165, 1.54) is 4.31 Å². The van der Waals surface area contributed by atoms with Gasteiger partial charge in [0.1, 0.15) is 10.6 Å². The fraction of sp³-hybridized carbons (Fsp3) is 0.667. The van der Waals surface area contributed by atoms with Gasteiger partial charge in [-0.05, 0) is 37.6 Å². The van der Waals surface area contributed by atoms with Crippen LogP contribution in [0.15, 0.2) is 23.2 Å². The van der Waals surface area contributed by atoms with Crippen LogP contribution in [0, 0.1) is 5.92 Å². The first-order chi connectivity index (χ1) is 11.2. The van der Waals surface area contributed by atoms with E-state index in [1.807, 2.05) is 0 Å². The Morgan fingerprint density at radius 2 is 1.96 bits per heavy atom. The van der Waals surface area contributed by atoms with Crippen LogP contribution in [0.25, 0.3) is 0 Å². The first-order valence-electron chi connectivity index (χ1n) is 7.94. The molecule has 9 heteroatoms. The number of alkyl halides is 3. The maximum absolute atomic E-state index is 12.6. The molecule has 2 rings (SSSR count). The molecule has 0 radical (unpaired) electrons. The van der Waals surface area contributed by atoms with Gasteiger partial charge in [-0.1, -0.05) is 13.8 Å². The highest BCUT2D eigenvalue weighted by Crippen LogP contribution is 2.29. The zero-order chi connectivity index (χ0) is 18.0. The van der Waals surface area contributed by atoms with Gasteiger partial charge >= 0.3 is 6.18 Å². The monoisotopic (exact) mass is 365 g/mol. The zero-order valence-corrected chi connectivity index (χ0v) is 14.6. The minimum atomic E-state index is -4.58. The average Bonchev–Trinajstić information content (AvgIpc) is 3.01. The molecule has 2 heterocycles. The fourth-order valence-corrected chi connectivity index (χ4v) is 4.34.